The average molecular weight is 381 g/mol. The third kappa shape index (κ3) is 3.15. The monoisotopic (exact) mass is 381 g/mol. The van der Waals surface area contributed by atoms with E-state index in [9.17, 15) is 0 Å². The molecule has 0 saturated carbocycles. The van der Waals surface area contributed by atoms with E-state index in [1.165, 1.54) is 12.4 Å². The van der Waals surface area contributed by atoms with Crippen LogP contribution in [0.4, 0.5) is 0 Å². The van der Waals surface area contributed by atoms with E-state index in [0.717, 1.165) is 15.3 Å². The van der Waals surface area contributed by atoms with Gasteiger partial charge in [-0.05, 0) is 0 Å². The van der Waals surface area contributed by atoms with Crippen LogP contribution in [0.3, 0.4) is 0 Å². The summed E-state index contributed by atoms with van der Waals surface area (Å²) in [6.45, 7) is 4.32. The molecule has 0 fully saturated rings. The zero-order chi connectivity index (χ0) is 17.1. The van der Waals surface area contributed by atoms with Crippen LogP contribution in [-0.4, -0.2) is 46.9 Å². The minimum atomic E-state index is -0.100. The molecule has 0 spiro atoms. The molecule has 1 N–H and O–H groups in total. The molecule has 0 bridgehead atoms. The number of oxime groups is 1. The molecule has 8 heteroatoms. The molecular weight excluding hydrogens is 367 g/mol. The number of rotatable bonds is 4. The van der Waals surface area contributed by atoms with Crippen molar-refractivity contribution in [3.05, 3.63) is 41.9 Å². The first kappa shape index (κ1) is 16.2. The fourth-order valence-corrected chi connectivity index (χ4v) is 4.38. The van der Waals surface area contributed by atoms with E-state index in [-0.39, 0.29) is 15.8 Å². The van der Waals surface area contributed by atoms with Crippen LogP contribution < -0.4 is 4.35 Å². The summed E-state index contributed by atoms with van der Waals surface area (Å²) in [5.74, 6) is 0.656. The summed E-state index contributed by atoms with van der Waals surface area (Å²) in [6.07, 6.45) is 6.28. The van der Waals surface area contributed by atoms with E-state index in [4.69, 9.17) is 10.5 Å². The first-order valence-corrected chi connectivity index (χ1v) is 9.27. The summed E-state index contributed by atoms with van der Waals surface area (Å²) in [5, 5.41) is 26.0. The van der Waals surface area contributed by atoms with Gasteiger partial charge < -0.3 is 0 Å². The predicted molar refractivity (Wildman–Crippen MR) is 91.2 cm³/mol. The van der Waals surface area contributed by atoms with Gasteiger partial charge in [-0.25, -0.2) is 0 Å². The quantitative estimate of drug-likeness (QED) is 0.321. The van der Waals surface area contributed by atoms with E-state index < -0.39 is 0 Å². The zero-order valence-corrected chi connectivity index (χ0v) is 15.0. The van der Waals surface area contributed by atoms with E-state index in [2.05, 4.69) is 40.1 Å². The summed E-state index contributed by atoms with van der Waals surface area (Å²) < 4.78 is 3.30. The van der Waals surface area contributed by atoms with Gasteiger partial charge in [0.05, 0.1) is 0 Å². The van der Waals surface area contributed by atoms with Crippen molar-refractivity contribution >= 4 is 37.4 Å². The number of nitrogens with zero attached hydrogens (tertiary/aromatic N) is 6. The SMILES string of the molecule is CC(C)[As]c1cc(-n2ncc3cc(C#N)cnc32)ncc1C=NO. The van der Waals surface area contributed by atoms with E-state index in [1.54, 1.807) is 23.1 Å². The molecule has 1 radical (unpaired) electrons. The minimum absolute atomic E-state index is 0.100. The van der Waals surface area contributed by atoms with Gasteiger partial charge in [0.1, 0.15) is 0 Å². The van der Waals surface area contributed by atoms with Crippen molar-refractivity contribution in [1.29, 1.82) is 5.26 Å². The van der Waals surface area contributed by atoms with Crippen LogP contribution >= 0.6 is 0 Å². The predicted octanol–water partition coefficient (Wildman–Crippen LogP) is 1.65. The summed E-state index contributed by atoms with van der Waals surface area (Å²) in [4.78, 5) is 8.73. The second kappa shape index (κ2) is 6.81. The van der Waals surface area contributed by atoms with Gasteiger partial charge in [0, 0.05) is 0 Å². The van der Waals surface area contributed by atoms with Crippen LogP contribution in [0.15, 0.2) is 35.9 Å². The molecule has 3 aromatic rings. The van der Waals surface area contributed by atoms with Crippen molar-refractivity contribution in [2.45, 2.75) is 18.6 Å². The van der Waals surface area contributed by atoms with Crippen molar-refractivity contribution in [2.75, 3.05) is 0 Å². The van der Waals surface area contributed by atoms with Crippen LogP contribution in [0.2, 0.25) is 4.71 Å². The third-order valence-electron chi connectivity index (χ3n) is 3.25. The molecule has 7 nitrogen and oxygen atoms in total. The number of hydrogen-bond donors (Lipinski definition) is 1. The van der Waals surface area contributed by atoms with Crippen LogP contribution in [-0.2, 0) is 0 Å². The number of fused-ring (bicyclic) bond motifs is 1. The summed E-state index contributed by atoms with van der Waals surface area (Å²) in [6, 6.07) is 5.78. The van der Waals surface area contributed by atoms with Gasteiger partial charge in [-0.3, -0.25) is 0 Å². The Balaban J connectivity index is 2.11. The fraction of sp³-hybridized carbons (Fsp3) is 0.188. The van der Waals surface area contributed by atoms with E-state index in [0.29, 0.717) is 21.7 Å². The molecule has 0 saturated heterocycles. The normalized spacial score (nSPS) is 11.9. The number of hydrogen-bond acceptors (Lipinski definition) is 6. The maximum absolute atomic E-state index is 8.96. The van der Waals surface area contributed by atoms with Crippen LogP contribution in [0.5, 0.6) is 0 Å². The standard InChI is InChI=1S/C16H14AsN6O/c1-10(2)17-14-4-15(19-7-13(14)9-22-24)23-16-12(8-21-23)3-11(5-18)6-20-16/h3-4,6-10,24H,1-2H3. The van der Waals surface area contributed by atoms with Crippen molar-refractivity contribution in [3.63, 3.8) is 0 Å². The fourth-order valence-electron chi connectivity index (χ4n) is 2.26. The number of pyridine rings is 2. The second-order valence-electron chi connectivity index (χ2n) is 5.37. The summed E-state index contributed by atoms with van der Waals surface area (Å²) in [7, 11) is 0. The van der Waals surface area contributed by atoms with Crippen LogP contribution in [0.25, 0.3) is 16.9 Å². The molecule has 0 aromatic carbocycles. The Bertz CT molecular complexity index is 957. The topological polar surface area (TPSA) is 100.0 Å². The first-order valence-electron chi connectivity index (χ1n) is 7.25. The van der Waals surface area contributed by atoms with Gasteiger partial charge >= 0.3 is 145 Å². The molecule has 0 aliphatic rings. The van der Waals surface area contributed by atoms with Crippen LogP contribution in [0, 0.1) is 11.3 Å². The number of nitriles is 1. The van der Waals surface area contributed by atoms with Crippen LogP contribution in [0.1, 0.15) is 25.0 Å². The Kier molecular flexibility index (Phi) is 4.59. The molecule has 24 heavy (non-hydrogen) atoms. The molecule has 3 rings (SSSR count). The Labute approximate surface area is 145 Å². The molecule has 0 atom stereocenters. The Morgan fingerprint density at radius 2 is 2.12 bits per heavy atom. The zero-order valence-electron chi connectivity index (χ0n) is 13.1. The molecule has 0 aliphatic carbocycles. The summed E-state index contributed by atoms with van der Waals surface area (Å²) in [5.41, 5.74) is 1.96. The molecule has 119 valence electrons. The van der Waals surface area contributed by atoms with Gasteiger partial charge in [-0.15, -0.1) is 0 Å². The third-order valence-corrected chi connectivity index (χ3v) is 5.73. The summed E-state index contributed by atoms with van der Waals surface area (Å²) >= 11 is -0.100. The van der Waals surface area contributed by atoms with Crippen molar-refractivity contribution < 1.29 is 5.21 Å². The van der Waals surface area contributed by atoms with Gasteiger partial charge in [0.25, 0.3) is 0 Å². The van der Waals surface area contributed by atoms with Gasteiger partial charge in [0.15, 0.2) is 0 Å². The Hall–Kier alpha value is -2.71. The first-order chi connectivity index (χ1) is 11.6. The molecule has 3 heterocycles. The van der Waals surface area contributed by atoms with E-state index >= 15 is 0 Å². The second-order valence-corrected chi connectivity index (χ2v) is 9.09. The van der Waals surface area contributed by atoms with Crippen molar-refractivity contribution in [1.82, 2.24) is 19.7 Å². The van der Waals surface area contributed by atoms with E-state index in [1.807, 2.05) is 6.07 Å². The van der Waals surface area contributed by atoms with Crippen molar-refractivity contribution in [3.8, 4) is 11.9 Å². The molecule has 3 aromatic heterocycles. The maximum atomic E-state index is 8.96. The van der Waals surface area contributed by atoms with Gasteiger partial charge in [-0.2, -0.15) is 0 Å². The average Bonchev–Trinajstić information content (AvgIpc) is 2.99. The van der Waals surface area contributed by atoms with Gasteiger partial charge in [0.2, 0.25) is 0 Å². The van der Waals surface area contributed by atoms with Gasteiger partial charge in [-0.1, -0.05) is 0 Å². The molecule has 0 aliphatic heterocycles. The molecule has 0 amide bonds. The number of aromatic nitrogens is 4. The Morgan fingerprint density at radius 3 is 2.83 bits per heavy atom. The molecular formula is C16H14AsN6O. The van der Waals surface area contributed by atoms with Crippen molar-refractivity contribution in [2.24, 2.45) is 5.16 Å². The Morgan fingerprint density at radius 1 is 1.29 bits per heavy atom. The molecule has 0 unspecified atom stereocenters.